The number of carbonyl (C=O) groups excluding carboxylic acids is 1. The van der Waals surface area contributed by atoms with Crippen molar-refractivity contribution in [3.63, 3.8) is 0 Å². The molecule has 1 aromatic rings. The third kappa shape index (κ3) is 2.94. The van der Waals surface area contributed by atoms with Gasteiger partial charge in [0, 0.05) is 5.56 Å². The van der Waals surface area contributed by atoms with Gasteiger partial charge in [-0.1, -0.05) is 29.8 Å². The van der Waals surface area contributed by atoms with Gasteiger partial charge in [-0.15, -0.1) is 0 Å². The van der Waals surface area contributed by atoms with Gasteiger partial charge in [0.1, 0.15) is 5.70 Å². The predicted octanol–water partition coefficient (Wildman–Crippen LogP) is 3.23. The minimum Gasteiger partial charge on any atom is -0.402 e. The van der Waals surface area contributed by atoms with Gasteiger partial charge in [-0.25, -0.2) is 9.79 Å². The van der Waals surface area contributed by atoms with E-state index in [1.54, 1.807) is 6.08 Å². The Morgan fingerprint density at radius 1 is 1.28 bits per heavy atom. The maximum Gasteiger partial charge on any atom is 0.363 e. The summed E-state index contributed by atoms with van der Waals surface area (Å²) >= 11 is 0. The van der Waals surface area contributed by atoms with E-state index in [1.807, 2.05) is 50.3 Å². The van der Waals surface area contributed by atoms with E-state index in [-0.39, 0.29) is 5.97 Å². The fraction of sp³-hybridized carbons (Fsp3) is 0.200. The first kappa shape index (κ1) is 12.3. The van der Waals surface area contributed by atoms with Crippen molar-refractivity contribution < 1.29 is 9.53 Å². The highest BCUT2D eigenvalue weighted by molar-refractivity contribution is 6.11. The average Bonchev–Trinajstić information content (AvgIpc) is 2.72. The second-order valence-corrected chi connectivity index (χ2v) is 4.28. The maximum absolute atomic E-state index is 11.6. The van der Waals surface area contributed by atoms with Crippen molar-refractivity contribution in [2.75, 3.05) is 0 Å². The Bertz CT molecular complexity index is 535. The van der Waals surface area contributed by atoms with Crippen LogP contribution in [0, 0.1) is 0 Å². The van der Waals surface area contributed by atoms with Crippen LogP contribution in [-0.2, 0) is 9.53 Å². The van der Waals surface area contributed by atoms with Crippen LogP contribution in [-0.4, -0.2) is 11.9 Å². The van der Waals surface area contributed by atoms with Gasteiger partial charge in [0.15, 0.2) is 0 Å². The Labute approximate surface area is 107 Å². The summed E-state index contributed by atoms with van der Waals surface area (Å²) in [5, 5.41) is 0. The first-order valence-corrected chi connectivity index (χ1v) is 5.86. The molecule has 92 valence electrons. The number of esters is 1. The van der Waals surface area contributed by atoms with Crippen LogP contribution in [0.25, 0.3) is 0 Å². The van der Waals surface area contributed by atoms with Gasteiger partial charge >= 0.3 is 5.97 Å². The van der Waals surface area contributed by atoms with Crippen LogP contribution in [0.4, 0.5) is 0 Å². The van der Waals surface area contributed by atoms with Crippen LogP contribution in [0.1, 0.15) is 25.8 Å². The van der Waals surface area contributed by atoms with E-state index in [0.717, 1.165) is 5.56 Å². The smallest absolute Gasteiger partial charge is 0.363 e. The summed E-state index contributed by atoms with van der Waals surface area (Å²) in [5.41, 5.74) is 2.41. The fourth-order valence-corrected chi connectivity index (χ4v) is 1.56. The normalized spacial score (nSPS) is 16.4. The van der Waals surface area contributed by atoms with E-state index in [4.69, 9.17) is 4.74 Å². The van der Waals surface area contributed by atoms with Crippen molar-refractivity contribution in [2.45, 2.75) is 20.3 Å². The number of cyclic esters (lactones) is 1. The average molecular weight is 241 g/mol. The number of nitrogens with zero attached hydrogens (tertiary/aromatic N) is 1. The van der Waals surface area contributed by atoms with Gasteiger partial charge in [0.05, 0.1) is 0 Å². The van der Waals surface area contributed by atoms with Crippen molar-refractivity contribution in [2.24, 2.45) is 4.99 Å². The minimum atomic E-state index is -0.379. The Hall–Kier alpha value is -2.16. The fourth-order valence-electron chi connectivity index (χ4n) is 1.56. The summed E-state index contributed by atoms with van der Waals surface area (Å²) in [6, 6.07) is 9.41. The molecular formula is C15H15NO2. The molecule has 0 N–H and O–H groups in total. The van der Waals surface area contributed by atoms with Crippen molar-refractivity contribution in [1.29, 1.82) is 0 Å². The number of hydrogen-bond acceptors (Lipinski definition) is 3. The molecule has 0 bridgehead atoms. The molecule has 2 rings (SSSR count). The lowest BCUT2D eigenvalue weighted by Gasteiger charge is -1.97. The standard InChI is InChI=1S/C15H15NO2/c1-11(2)7-6-10-13-15(17)18-14(16-13)12-8-4-3-5-9-12/h3-5,7-10H,6H2,1-2H3/b13-10+. The molecule has 0 saturated carbocycles. The zero-order chi connectivity index (χ0) is 13.0. The molecule has 0 aromatic heterocycles. The first-order valence-electron chi connectivity index (χ1n) is 5.86. The quantitative estimate of drug-likeness (QED) is 0.463. The summed E-state index contributed by atoms with van der Waals surface area (Å²) in [5.74, 6) is 0.0000548. The first-order chi connectivity index (χ1) is 8.66. The van der Waals surface area contributed by atoms with Gasteiger partial charge in [0.2, 0.25) is 5.90 Å². The van der Waals surface area contributed by atoms with Crippen LogP contribution in [0.2, 0.25) is 0 Å². The minimum absolute atomic E-state index is 0.379. The Balaban J connectivity index is 2.17. The molecule has 1 heterocycles. The molecule has 0 saturated heterocycles. The summed E-state index contributed by atoms with van der Waals surface area (Å²) in [6.07, 6.45) is 4.51. The third-order valence-electron chi connectivity index (χ3n) is 2.48. The summed E-state index contributed by atoms with van der Waals surface area (Å²) in [4.78, 5) is 15.8. The van der Waals surface area contributed by atoms with Gasteiger partial charge in [-0.2, -0.15) is 0 Å². The van der Waals surface area contributed by atoms with Crippen LogP contribution in [0.15, 0.2) is 58.7 Å². The van der Waals surface area contributed by atoms with E-state index in [0.29, 0.717) is 18.0 Å². The van der Waals surface area contributed by atoms with Gasteiger partial charge < -0.3 is 4.74 Å². The monoisotopic (exact) mass is 241 g/mol. The topological polar surface area (TPSA) is 38.7 Å². The second-order valence-electron chi connectivity index (χ2n) is 4.28. The van der Waals surface area contributed by atoms with Gasteiger partial charge in [0.25, 0.3) is 0 Å². The number of benzene rings is 1. The molecule has 0 aliphatic carbocycles. The molecule has 3 nitrogen and oxygen atoms in total. The van der Waals surface area contributed by atoms with Crippen LogP contribution < -0.4 is 0 Å². The van der Waals surface area contributed by atoms with Crippen molar-refractivity contribution >= 4 is 11.9 Å². The molecule has 18 heavy (non-hydrogen) atoms. The molecule has 0 unspecified atom stereocenters. The molecule has 1 aliphatic rings. The van der Waals surface area contributed by atoms with Crippen LogP contribution >= 0.6 is 0 Å². The maximum atomic E-state index is 11.6. The van der Waals surface area contributed by atoms with E-state index in [9.17, 15) is 4.79 Å². The van der Waals surface area contributed by atoms with E-state index in [1.165, 1.54) is 5.57 Å². The molecule has 1 aliphatic heterocycles. The highest BCUT2D eigenvalue weighted by atomic mass is 16.6. The summed E-state index contributed by atoms with van der Waals surface area (Å²) in [7, 11) is 0. The lowest BCUT2D eigenvalue weighted by atomic mass is 10.2. The molecule has 0 fully saturated rings. The van der Waals surface area contributed by atoms with E-state index < -0.39 is 0 Å². The second kappa shape index (κ2) is 5.45. The SMILES string of the molecule is CC(C)=CC/C=C1/N=C(c2ccccc2)OC1=O. The number of rotatable bonds is 3. The molecule has 0 radical (unpaired) electrons. The lowest BCUT2D eigenvalue weighted by molar-refractivity contribution is -0.130. The van der Waals surface area contributed by atoms with Crippen LogP contribution in [0.3, 0.4) is 0 Å². The van der Waals surface area contributed by atoms with Crippen LogP contribution in [0.5, 0.6) is 0 Å². The van der Waals surface area contributed by atoms with E-state index in [2.05, 4.69) is 4.99 Å². The molecule has 0 spiro atoms. The van der Waals surface area contributed by atoms with Gasteiger partial charge in [-0.3, -0.25) is 0 Å². The summed E-state index contributed by atoms with van der Waals surface area (Å²) in [6.45, 7) is 4.04. The molecule has 1 aromatic carbocycles. The number of hydrogen-bond donors (Lipinski definition) is 0. The molecular weight excluding hydrogens is 226 g/mol. The number of aliphatic imine (C=N–C) groups is 1. The predicted molar refractivity (Wildman–Crippen MR) is 71.2 cm³/mol. The number of allylic oxidation sites excluding steroid dienone is 3. The van der Waals surface area contributed by atoms with Gasteiger partial charge in [-0.05, 0) is 38.5 Å². The van der Waals surface area contributed by atoms with Crippen molar-refractivity contribution in [1.82, 2.24) is 0 Å². The number of ether oxygens (including phenoxy) is 1. The zero-order valence-electron chi connectivity index (χ0n) is 10.5. The lowest BCUT2D eigenvalue weighted by Crippen LogP contribution is -2.04. The largest absolute Gasteiger partial charge is 0.402 e. The van der Waals surface area contributed by atoms with E-state index >= 15 is 0 Å². The third-order valence-corrected chi connectivity index (χ3v) is 2.48. The summed E-state index contributed by atoms with van der Waals surface area (Å²) < 4.78 is 5.14. The molecule has 3 heteroatoms. The molecule has 0 atom stereocenters. The Morgan fingerprint density at radius 2 is 2.00 bits per heavy atom. The Morgan fingerprint density at radius 3 is 2.67 bits per heavy atom. The highest BCUT2D eigenvalue weighted by Crippen LogP contribution is 2.16. The molecule has 0 amide bonds. The highest BCUT2D eigenvalue weighted by Gasteiger charge is 2.23. The number of carbonyl (C=O) groups is 1. The zero-order valence-corrected chi connectivity index (χ0v) is 10.5. The van der Waals surface area contributed by atoms with Crippen molar-refractivity contribution in [3.05, 3.63) is 59.3 Å². The van der Waals surface area contributed by atoms with Crippen molar-refractivity contribution in [3.8, 4) is 0 Å². The Kier molecular flexibility index (Phi) is 3.72.